The molecule has 0 saturated carbocycles. The van der Waals surface area contributed by atoms with E-state index in [1.54, 1.807) is 0 Å². The summed E-state index contributed by atoms with van der Waals surface area (Å²) >= 11 is 0. The monoisotopic (exact) mass is 537 g/mol. The Morgan fingerprint density at radius 1 is 0.950 bits per heavy atom. The molecule has 3 aromatic carbocycles. The zero-order valence-corrected chi connectivity index (χ0v) is 22.7. The molecule has 1 atom stereocenters. The Labute approximate surface area is 232 Å². The Kier molecular flexibility index (Phi) is 7.13. The minimum Gasteiger partial charge on any atom is -0.369 e. The highest BCUT2D eigenvalue weighted by Crippen LogP contribution is 2.30. The lowest BCUT2D eigenvalue weighted by Gasteiger charge is -2.39. The van der Waals surface area contributed by atoms with Crippen molar-refractivity contribution in [2.24, 2.45) is 0 Å². The summed E-state index contributed by atoms with van der Waals surface area (Å²) in [6, 6.07) is 22.6. The molecule has 3 heterocycles. The number of hydrogen-bond acceptors (Lipinski definition) is 6. The van der Waals surface area contributed by atoms with E-state index in [0.29, 0.717) is 31.0 Å². The number of aryl methyl sites for hydroxylation is 4. The summed E-state index contributed by atoms with van der Waals surface area (Å²) in [4.78, 5) is 21.3. The summed E-state index contributed by atoms with van der Waals surface area (Å²) in [5.41, 5.74) is 5.71. The van der Waals surface area contributed by atoms with Crippen LogP contribution in [0.2, 0.25) is 0 Å². The molecule has 0 aliphatic carbocycles. The topological polar surface area (TPSA) is 82.9 Å². The van der Waals surface area contributed by atoms with Crippen molar-refractivity contribution in [1.82, 2.24) is 30.1 Å². The fourth-order valence-corrected chi connectivity index (χ4v) is 5.73. The van der Waals surface area contributed by atoms with E-state index < -0.39 is 6.04 Å². The number of benzene rings is 3. The molecule has 0 spiro atoms. The Morgan fingerprint density at radius 2 is 1.70 bits per heavy atom. The van der Waals surface area contributed by atoms with Crippen molar-refractivity contribution in [2.75, 3.05) is 31.1 Å². The van der Waals surface area contributed by atoms with E-state index in [1.165, 1.54) is 17.7 Å². The summed E-state index contributed by atoms with van der Waals surface area (Å²) in [6.07, 6.45) is 0.774. The normalized spacial score (nSPS) is 15.0. The van der Waals surface area contributed by atoms with E-state index >= 15 is 0 Å². The van der Waals surface area contributed by atoms with Crippen molar-refractivity contribution >= 4 is 16.6 Å². The summed E-state index contributed by atoms with van der Waals surface area (Å²) in [6.45, 7) is 7.55. The second-order valence-corrected chi connectivity index (χ2v) is 10.5. The molecule has 1 fully saturated rings. The van der Waals surface area contributed by atoms with Crippen LogP contribution in [0.3, 0.4) is 0 Å². The van der Waals surface area contributed by atoms with Gasteiger partial charge in [-0.15, -0.1) is 5.10 Å². The summed E-state index contributed by atoms with van der Waals surface area (Å²) in [7, 11) is 0. The van der Waals surface area contributed by atoms with Gasteiger partial charge in [0.2, 0.25) is 0 Å². The molecule has 1 aliphatic heterocycles. The molecule has 40 heavy (non-hydrogen) atoms. The van der Waals surface area contributed by atoms with Crippen molar-refractivity contribution < 1.29 is 4.39 Å². The largest absolute Gasteiger partial charge is 0.369 e. The third-order valence-corrected chi connectivity index (χ3v) is 7.77. The third kappa shape index (κ3) is 5.24. The number of fused-ring (bicyclic) bond motifs is 1. The number of aromatic nitrogens is 5. The van der Waals surface area contributed by atoms with Crippen LogP contribution in [0.15, 0.2) is 77.6 Å². The number of nitrogens with zero attached hydrogens (tertiary/aromatic N) is 6. The molecule has 1 saturated heterocycles. The van der Waals surface area contributed by atoms with E-state index in [1.807, 2.05) is 54.1 Å². The van der Waals surface area contributed by atoms with E-state index in [9.17, 15) is 9.18 Å². The van der Waals surface area contributed by atoms with Crippen molar-refractivity contribution in [3.8, 4) is 0 Å². The van der Waals surface area contributed by atoms with Crippen LogP contribution in [0.25, 0.3) is 10.9 Å². The van der Waals surface area contributed by atoms with Crippen LogP contribution in [0.5, 0.6) is 0 Å². The first-order chi connectivity index (χ1) is 19.5. The number of aromatic amines is 1. The van der Waals surface area contributed by atoms with E-state index in [-0.39, 0.29) is 11.4 Å². The SMILES string of the molecule is Cc1cc(C)c2cc([C@@H](c3nnnn3CCc3ccccc3)N3CCN(c4ccc(F)cc4)CC3)c(=O)[nH]c2c1. The lowest BCUT2D eigenvalue weighted by atomic mass is 9.99. The molecule has 204 valence electrons. The zero-order valence-electron chi connectivity index (χ0n) is 22.7. The Morgan fingerprint density at radius 3 is 2.45 bits per heavy atom. The maximum absolute atomic E-state index is 13.6. The number of nitrogens with one attached hydrogen (secondary N) is 1. The van der Waals surface area contributed by atoms with Gasteiger partial charge in [0.1, 0.15) is 11.9 Å². The Hall–Kier alpha value is -4.37. The van der Waals surface area contributed by atoms with Gasteiger partial charge in [-0.3, -0.25) is 9.69 Å². The fraction of sp³-hybridized carbons (Fsp3) is 0.290. The average Bonchev–Trinajstić information content (AvgIpc) is 3.42. The van der Waals surface area contributed by atoms with Crippen molar-refractivity contribution in [3.05, 3.63) is 117 Å². The molecule has 1 aliphatic rings. The molecular formula is C31H32FN7O. The second kappa shape index (κ2) is 11.0. The highest BCUT2D eigenvalue weighted by atomic mass is 19.1. The minimum absolute atomic E-state index is 0.138. The minimum atomic E-state index is -0.421. The Bertz CT molecular complexity index is 1670. The maximum Gasteiger partial charge on any atom is 0.253 e. The van der Waals surface area contributed by atoms with E-state index in [0.717, 1.165) is 47.2 Å². The van der Waals surface area contributed by atoms with Gasteiger partial charge in [0.25, 0.3) is 5.56 Å². The fourth-order valence-electron chi connectivity index (χ4n) is 5.73. The van der Waals surface area contributed by atoms with Gasteiger partial charge in [-0.05, 0) is 83.8 Å². The number of anilines is 1. The maximum atomic E-state index is 13.6. The summed E-state index contributed by atoms with van der Waals surface area (Å²) < 4.78 is 15.3. The van der Waals surface area contributed by atoms with Crippen LogP contribution >= 0.6 is 0 Å². The summed E-state index contributed by atoms with van der Waals surface area (Å²) in [5.74, 6) is 0.409. The van der Waals surface area contributed by atoms with Crippen molar-refractivity contribution in [1.29, 1.82) is 0 Å². The van der Waals surface area contributed by atoms with Gasteiger partial charge in [0, 0.05) is 54.9 Å². The van der Waals surface area contributed by atoms with Gasteiger partial charge >= 0.3 is 0 Å². The predicted octanol–water partition coefficient (Wildman–Crippen LogP) is 4.42. The molecule has 0 unspecified atom stereocenters. The lowest BCUT2D eigenvalue weighted by Crippen LogP contribution is -2.49. The first-order valence-electron chi connectivity index (χ1n) is 13.6. The van der Waals surface area contributed by atoms with Crippen LogP contribution in [-0.2, 0) is 13.0 Å². The summed E-state index contributed by atoms with van der Waals surface area (Å²) in [5, 5.41) is 13.9. The number of rotatable bonds is 7. The second-order valence-electron chi connectivity index (χ2n) is 10.5. The van der Waals surface area contributed by atoms with Gasteiger partial charge in [-0.25, -0.2) is 9.07 Å². The van der Waals surface area contributed by atoms with Crippen molar-refractivity contribution in [2.45, 2.75) is 32.9 Å². The lowest BCUT2D eigenvalue weighted by molar-refractivity contribution is 0.199. The van der Waals surface area contributed by atoms with Crippen molar-refractivity contribution in [3.63, 3.8) is 0 Å². The van der Waals surface area contributed by atoms with Crippen LogP contribution in [0, 0.1) is 19.7 Å². The number of H-pyrrole nitrogens is 1. The van der Waals surface area contributed by atoms with Crippen LogP contribution in [-0.4, -0.2) is 56.3 Å². The van der Waals surface area contributed by atoms with Crippen LogP contribution in [0.4, 0.5) is 10.1 Å². The molecule has 5 aromatic rings. The first-order valence-corrected chi connectivity index (χ1v) is 13.6. The average molecular weight is 538 g/mol. The van der Waals surface area contributed by atoms with Gasteiger partial charge in [-0.1, -0.05) is 36.4 Å². The quantitative estimate of drug-likeness (QED) is 0.331. The van der Waals surface area contributed by atoms with E-state index in [2.05, 4.69) is 55.4 Å². The smallest absolute Gasteiger partial charge is 0.253 e. The molecule has 0 amide bonds. The van der Waals surface area contributed by atoms with E-state index in [4.69, 9.17) is 0 Å². The van der Waals surface area contributed by atoms with Crippen LogP contribution < -0.4 is 10.5 Å². The van der Waals surface area contributed by atoms with Crippen LogP contribution in [0.1, 0.15) is 34.1 Å². The molecule has 6 rings (SSSR count). The molecule has 1 N–H and O–H groups in total. The van der Waals surface area contributed by atoms with Gasteiger partial charge in [0.05, 0.1) is 0 Å². The van der Waals surface area contributed by atoms with Gasteiger partial charge in [-0.2, -0.15) is 0 Å². The highest BCUT2D eigenvalue weighted by Gasteiger charge is 2.33. The highest BCUT2D eigenvalue weighted by molar-refractivity contribution is 5.83. The molecular weight excluding hydrogens is 505 g/mol. The van der Waals surface area contributed by atoms with Gasteiger partial charge in [0.15, 0.2) is 5.82 Å². The van der Waals surface area contributed by atoms with Gasteiger partial charge < -0.3 is 9.88 Å². The Balaban J connectivity index is 1.36. The molecule has 2 aromatic heterocycles. The zero-order chi connectivity index (χ0) is 27.6. The standard InChI is InChI=1S/C31H32FN7O/c1-21-18-22(2)26-20-27(31(40)33-28(26)19-21)29(30-34-35-36-39(30)13-12-23-6-4-3-5-7-23)38-16-14-37(15-17-38)25-10-8-24(32)9-11-25/h3-11,18-20,29H,12-17H2,1-2H3,(H,33,40)/t29-/m0/s1. The molecule has 0 radical (unpaired) electrons. The molecule has 0 bridgehead atoms. The number of hydrogen-bond donors (Lipinski definition) is 1. The predicted molar refractivity (Wildman–Crippen MR) is 154 cm³/mol. The number of tetrazole rings is 1. The molecule has 9 heteroatoms. The number of halogens is 1. The third-order valence-electron chi connectivity index (χ3n) is 7.77. The first kappa shape index (κ1) is 25.9. The molecule has 8 nitrogen and oxygen atoms in total. The number of piperazine rings is 1. The number of pyridine rings is 1.